The van der Waals surface area contributed by atoms with Gasteiger partial charge in [0.2, 0.25) is 5.91 Å². The molecule has 0 aliphatic carbocycles. The quantitative estimate of drug-likeness (QED) is 0.606. The van der Waals surface area contributed by atoms with Gasteiger partial charge in [-0.15, -0.1) is 0 Å². The average Bonchev–Trinajstić information content (AvgIpc) is 2.84. The minimum atomic E-state index is -0.459. The molecular formula is C25H31ClN4O3. The molecule has 1 aromatic carbocycles. The highest BCUT2D eigenvalue weighted by Crippen LogP contribution is 2.36. The lowest BCUT2D eigenvalue weighted by atomic mass is 9.77. The van der Waals surface area contributed by atoms with E-state index in [1.165, 1.54) is 0 Å². The third-order valence-electron chi connectivity index (χ3n) is 6.61. The molecule has 7 nitrogen and oxygen atoms in total. The average molecular weight is 471 g/mol. The van der Waals surface area contributed by atoms with Gasteiger partial charge in [-0.25, -0.2) is 4.98 Å². The number of carbonyl (C=O) groups excluding carboxylic acids is 2. The number of aromatic nitrogens is 1. The molecule has 2 aromatic rings. The molecule has 2 saturated heterocycles. The predicted molar refractivity (Wildman–Crippen MR) is 127 cm³/mol. The van der Waals surface area contributed by atoms with Crippen molar-refractivity contribution in [1.82, 2.24) is 19.7 Å². The summed E-state index contributed by atoms with van der Waals surface area (Å²) in [5.74, 6) is 0.750. The van der Waals surface area contributed by atoms with Crippen LogP contribution in [0.15, 0.2) is 48.7 Å². The molecule has 0 N–H and O–H groups in total. The number of hydrogen-bond acceptors (Lipinski definition) is 5. The molecule has 0 radical (unpaired) electrons. The van der Waals surface area contributed by atoms with Crippen molar-refractivity contribution in [3.63, 3.8) is 0 Å². The first kappa shape index (κ1) is 23.5. The van der Waals surface area contributed by atoms with Crippen LogP contribution in [-0.4, -0.2) is 84.4 Å². The summed E-state index contributed by atoms with van der Waals surface area (Å²) in [6.45, 7) is 4.68. The molecule has 8 heteroatoms. The predicted octanol–water partition coefficient (Wildman–Crippen LogP) is 3.20. The maximum atomic E-state index is 13.3. The molecule has 0 saturated carbocycles. The van der Waals surface area contributed by atoms with Crippen molar-refractivity contribution >= 4 is 23.4 Å². The molecule has 0 bridgehead atoms. The molecule has 0 unspecified atom stereocenters. The van der Waals surface area contributed by atoms with E-state index in [1.807, 2.05) is 35.2 Å². The summed E-state index contributed by atoms with van der Waals surface area (Å²) in [6.07, 6.45) is 3.55. The van der Waals surface area contributed by atoms with E-state index >= 15 is 0 Å². The van der Waals surface area contributed by atoms with Gasteiger partial charge in [0.05, 0.1) is 12.2 Å². The van der Waals surface area contributed by atoms with Gasteiger partial charge >= 0.3 is 0 Å². The number of benzene rings is 1. The lowest BCUT2D eigenvalue weighted by molar-refractivity contribution is -0.137. The van der Waals surface area contributed by atoms with Crippen LogP contribution in [0.4, 0.5) is 0 Å². The molecule has 3 heterocycles. The van der Waals surface area contributed by atoms with Crippen LogP contribution in [0.1, 0.15) is 29.6 Å². The van der Waals surface area contributed by atoms with Crippen LogP contribution >= 0.6 is 11.6 Å². The molecule has 2 amide bonds. The summed E-state index contributed by atoms with van der Waals surface area (Å²) >= 11 is 6.20. The van der Waals surface area contributed by atoms with E-state index in [-0.39, 0.29) is 17.0 Å². The van der Waals surface area contributed by atoms with Crippen LogP contribution in [0.5, 0.6) is 5.75 Å². The van der Waals surface area contributed by atoms with Crippen LogP contribution in [-0.2, 0) is 4.79 Å². The van der Waals surface area contributed by atoms with E-state index in [0.717, 1.165) is 44.8 Å². The number of nitrogens with zero attached hydrogens (tertiary/aromatic N) is 4. The van der Waals surface area contributed by atoms with Crippen LogP contribution in [0.3, 0.4) is 0 Å². The second-order valence-electron chi connectivity index (χ2n) is 9.13. The maximum Gasteiger partial charge on any atom is 0.257 e. The van der Waals surface area contributed by atoms with Crippen LogP contribution in [0.2, 0.25) is 5.15 Å². The number of rotatable bonds is 6. The Morgan fingerprint density at radius 2 is 1.79 bits per heavy atom. The van der Waals surface area contributed by atoms with E-state index < -0.39 is 5.41 Å². The minimum Gasteiger partial charge on any atom is -0.493 e. The zero-order chi connectivity index (χ0) is 23.3. The van der Waals surface area contributed by atoms with E-state index in [2.05, 4.69) is 16.9 Å². The highest BCUT2D eigenvalue weighted by molar-refractivity contribution is 6.32. The van der Waals surface area contributed by atoms with Crippen molar-refractivity contribution in [2.24, 2.45) is 5.41 Å². The number of hydrogen-bond donors (Lipinski definition) is 0. The molecule has 1 atom stereocenters. The molecule has 0 spiro atoms. The number of likely N-dealkylation sites (N-methyl/N-ethyl adjacent to an activating group) is 1. The Bertz CT molecular complexity index is 965. The normalized spacial score (nSPS) is 21.6. The van der Waals surface area contributed by atoms with Crippen molar-refractivity contribution in [3.8, 4) is 5.75 Å². The van der Waals surface area contributed by atoms with Gasteiger partial charge in [0, 0.05) is 57.3 Å². The lowest BCUT2D eigenvalue weighted by Gasteiger charge is -2.43. The Morgan fingerprint density at radius 3 is 2.52 bits per heavy atom. The number of ether oxygens (including phenoxy) is 1. The summed E-state index contributed by atoms with van der Waals surface area (Å²) in [5.41, 5.74) is -0.0665. The van der Waals surface area contributed by atoms with Gasteiger partial charge in [-0.2, -0.15) is 0 Å². The van der Waals surface area contributed by atoms with E-state index in [4.69, 9.17) is 16.3 Å². The fourth-order valence-corrected chi connectivity index (χ4v) is 4.85. The summed E-state index contributed by atoms with van der Waals surface area (Å²) in [6, 6.07) is 13.0. The Morgan fingerprint density at radius 1 is 1.03 bits per heavy atom. The SMILES string of the molecule is CN1CCN(C(=O)C[C@@]2(COc3ccccc3)CCCN(C(=O)c3cccnc3Cl)C2)CC1. The fraction of sp³-hybridized carbons (Fsp3) is 0.480. The first-order valence-electron chi connectivity index (χ1n) is 11.5. The fourth-order valence-electron chi connectivity index (χ4n) is 4.65. The first-order valence-corrected chi connectivity index (χ1v) is 11.9. The van der Waals surface area contributed by atoms with Gasteiger partial charge in [0.25, 0.3) is 5.91 Å². The Balaban J connectivity index is 1.53. The Hall–Kier alpha value is -2.64. The minimum absolute atomic E-state index is 0.133. The number of halogens is 1. The number of piperidine rings is 1. The van der Waals surface area contributed by atoms with E-state index in [0.29, 0.717) is 31.7 Å². The van der Waals surface area contributed by atoms with Gasteiger partial charge in [-0.3, -0.25) is 9.59 Å². The van der Waals surface area contributed by atoms with Crippen LogP contribution < -0.4 is 4.74 Å². The van der Waals surface area contributed by atoms with Crippen LogP contribution in [0, 0.1) is 5.41 Å². The third-order valence-corrected chi connectivity index (χ3v) is 6.91. The zero-order valence-corrected chi connectivity index (χ0v) is 19.8. The number of para-hydroxylation sites is 1. The van der Waals surface area contributed by atoms with Gasteiger partial charge in [-0.05, 0) is 44.2 Å². The summed E-state index contributed by atoms with van der Waals surface area (Å²) in [4.78, 5) is 36.6. The summed E-state index contributed by atoms with van der Waals surface area (Å²) < 4.78 is 6.16. The highest BCUT2D eigenvalue weighted by atomic mass is 35.5. The Labute approximate surface area is 200 Å². The maximum absolute atomic E-state index is 13.3. The van der Waals surface area contributed by atoms with Crippen molar-refractivity contribution in [2.45, 2.75) is 19.3 Å². The molecule has 2 fully saturated rings. The van der Waals surface area contributed by atoms with Crippen molar-refractivity contribution in [1.29, 1.82) is 0 Å². The summed E-state index contributed by atoms with van der Waals surface area (Å²) in [7, 11) is 2.07. The monoisotopic (exact) mass is 470 g/mol. The number of carbonyl (C=O) groups is 2. The molecule has 2 aliphatic rings. The molecule has 2 aliphatic heterocycles. The van der Waals surface area contributed by atoms with Gasteiger partial charge in [0.15, 0.2) is 0 Å². The molecule has 33 heavy (non-hydrogen) atoms. The van der Waals surface area contributed by atoms with Gasteiger partial charge in [0.1, 0.15) is 10.9 Å². The third kappa shape index (κ3) is 5.84. The molecule has 176 valence electrons. The number of pyridine rings is 1. The van der Waals surface area contributed by atoms with E-state index in [1.54, 1.807) is 23.2 Å². The van der Waals surface area contributed by atoms with Gasteiger partial charge < -0.3 is 19.4 Å². The smallest absolute Gasteiger partial charge is 0.257 e. The molecule has 1 aromatic heterocycles. The second kappa shape index (κ2) is 10.5. The summed E-state index contributed by atoms with van der Waals surface area (Å²) in [5, 5.41) is 0.202. The molecular weight excluding hydrogens is 440 g/mol. The topological polar surface area (TPSA) is 66.0 Å². The zero-order valence-electron chi connectivity index (χ0n) is 19.1. The lowest BCUT2D eigenvalue weighted by Crippen LogP contribution is -2.53. The number of likely N-dealkylation sites (tertiary alicyclic amines) is 1. The Kier molecular flexibility index (Phi) is 7.50. The van der Waals surface area contributed by atoms with Crippen molar-refractivity contribution in [3.05, 3.63) is 59.4 Å². The van der Waals surface area contributed by atoms with Gasteiger partial charge in [-0.1, -0.05) is 29.8 Å². The second-order valence-corrected chi connectivity index (χ2v) is 9.49. The standard InChI is InChI=1S/C25H31ClN4O3/c1-28-13-15-29(16-14-28)22(31)17-25(19-33-20-7-3-2-4-8-20)10-6-12-30(18-25)24(32)21-9-5-11-27-23(21)26/h2-5,7-9,11H,6,10,12-19H2,1H3/t25-/m0/s1. The van der Waals surface area contributed by atoms with Crippen molar-refractivity contribution < 1.29 is 14.3 Å². The van der Waals surface area contributed by atoms with Crippen molar-refractivity contribution in [2.75, 3.05) is 52.9 Å². The highest BCUT2D eigenvalue weighted by Gasteiger charge is 2.41. The van der Waals surface area contributed by atoms with E-state index in [9.17, 15) is 9.59 Å². The first-order chi connectivity index (χ1) is 16.0. The largest absolute Gasteiger partial charge is 0.493 e. The number of amides is 2. The van der Waals surface area contributed by atoms with Crippen LogP contribution in [0.25, 0.3) is 0 Å². The number of piperazine rings is 1. The molecule has 4 rings (SSSR count).